The summed E-state index contributed by atoms with van der Waals surface area (Å²) in [5.74, 6) is 0.319. The first kappa shape index (κ1) is 15.0. The van der Waals surface area contributed by atoms with Gasteiger partial charge in [0.25, 0.3) is 0 Å². The van der Waals surface area contributed by atoms with Crippen LogP contribution in [0.5, 0.6) is 0 Å². The molecule has 3 rings (SSSR count). The summed E-state index contributed by atoms with van der Waals surface area (Å²) in [6, 6.07) is 4.17. The second-order valence-corrected chi connectivity index (χ2v) is 7.08. The SMILES string of the molecule is O=C(CCc1cccs1)N1CC[NH+](C[C@H]2CCCO2)CC1. The summed E-state index contributed by atoms with van der Waals surface area (Å²) < 4.78 is 5.71. The Labute approximate surface area is 130 Å². The highest BCUT2D eigenvalue weighted by Crippen LogP contribution is 2.12. The van der Waals surface area contributed by atoms with Gasteiger partial charge in [-0.15, -0.1) is 11.3 Å². The number of quaternary nitrogens is 1. The van der Waals surface area contributed by atoms with E-state index in [1.54, 1.807) is 16.2 Å². The monoisotopic (exact) mass is 309 g/mol. The molecule has 0 radical (unpaired) electrons. The summed E-state index contributed by atoms with van der Waals surface area (Å²) in [5, 5.41) is 2.08. The molecule has 1 atom stereocenters. The van der Waals surface area contributed by atoms with Gasteiger partial charge in [0.15, 0.2) is 0 Å². The van der Waals surface area contributed by atoms with Crippen molar-refractivity contribution in [2.24, 2.45) is 0 Å². The lowest BCUT2D eigenvalue weighted by molar-refractivity contribution is -0.906. The summed E-state index contributed by atoms with van der Waals surface area (Å²) in [6.07, 6.45) is 4.43. The van der Waals surface area contributed by atoms with Crippen LogP contribution in [-0.2, 0) is 16.0 Å². The molecule has 1 amide bonds. The number of carbonyl (C=O) groups is 1. The van der Waals surface area contributed by atoms with Crippen LogP contribution >= 0.6 is 11.3 Å². The first-order valence-electron chi connectivity index (χ1n) is 8.06. The van der Waals surface area contributed by atoms with Crippen LogP contribution in [0, 0.1) is 0 Å². The zero-order valence-corrected chi connectivity index (χ0v) is 13.4. The third-order valence-electron chi connectivity index (χ3n) is 4.53. The molecule has 1 aromatic heterocycles. The fourth-order valence-corrected chi connectivity index (χ4v) is 3.96. The van der Waals surface area contributed by atoms with Gasteiger partial charge >= 0.3 is 0 Å². The molecule has 2 fully saturated rings. The van der Waals surface area contributed by atoms with E-state index in [-0.39, 0.29) is 0 Å². The first-order chi connectivity index (χ1) is 10.3. The van der Waals surface area contributed by atoms with Crippen LogP contribution in [0.2, 0.25) is 0 Å². The van der Waals surface area contributed by atoms with Crippen molar-refractivity contribution in [2.75, 3.05) is 39.3 Å². The van der Waals surface area contributed by atoms with Crippen molar-refractivity contribution in [1.82, 2.24) is 4.90 Å². The first-order valence-corrected chi connectivity index (χ1v) is 8.94. The van der Waals surface area contributed by atoms with E-state index >= 15 is 0 Å². The van der Waals surface area contributed by atoms with Crippen molar-refractivity contribution >= 4 is 17.2 Å². The molecular formula is C16H25N2O2S+. The van der Waals surface area contributed by atoms with Gasteiger partial charge in [-0.25, -0.2) is 0 Å². The van der Waals surface area contributed by atoms with Gasteiger partial charge < -0.3 is 14.5 Å². The van der Waals surface area contributed by atoms with Crippen LogP contribution in [0.25, 0.3) is 0 Å². The molecule has 0 aliphatic carbocycles. The summed E-state index contributed by atoms with van der Waals surface area (Å²) in [6.45, 7) is 6.02. The van der Waals surface area contributed by atoms with E-state index < -0.39 is 0 Å². The van der Waals surface area contributed by atoms with Crippen molar-refractivity contribution in [3.8, 4) is 0 Å². The van der Waals surface area contributed by atoms with Crippen LogP contribution in [0.1, 0.15) is 24.1 Å². The van der Waals surface area contributed by atoms with E-state index in [1.165, 1.54) is 17.7 Å². The van der Waals surface area contributed by atoms with Gasteiger partial charge in [0.05, 0.1) is 26.2 Å². The van der Waals surface area contributed by atoms with Gasteiger partial charge in [-0.05, 0) is 30.7 Å². The van der Waals surface area contributed by atoms with Gasteiger partial charge in [-0.2, -0.15) is 0 Å². The molecule has 0 spiro atoms. The molecule has 116 valence electrons. The van der Waals surface area contributed by atoms with E-state index in [4.69, 9.17) is 4.74 Å². The summed E-state index contributed by atoms with van der Waals surface area (Å²) in [4.78, 5) is 17.2. The van der Waals surface area contributed by atoms with Crippen LogP contribution in [-0.4, -0.2) is 56.2 Å². The van der Waals surface area contributed by atoms with Crippen molar-refractivity contribution in [3.05, 3.63) is 22.4 Å². The highest BCUT2D eigenvalue weighted by Gasteiger charge is 2.27. The summed E-state index contributed by atoms with van der Waals surface area (Å²) in [7, 11) is 0. The van der Waals surface area contributed by atoms with Crippen molar-refractivity contribution in [1.29, 1.82) is 0 Å². The minimum absolute atomic E-state index is 0.319. The van der Waals surface area contributed by atoms with E-state index in [0.29, 0.717) is 18.4 Å². The molecule has 21 heavy (non-hydrogen) atoms. The zero-order valence-electron chi connectivity index (χ0n) is 12.6. The average molecular weight is 309 g/mol. The highest BCUT2D eigenvalue weighted by molar-refractivity contribution is 7.09. The number of nitrogens with one attached hydrogen (secondary N) is 1. The maximum Gasteiger partial charge on any atom is 0.223 e. The number of nitrogens with zero attached hydrogens (tertiary/aromatic N) is 1. The van der Waals surface area contributed by atoms with Crippen LogP contribution < -0.4 is 4.90 Å². The lowest BCUT2D eigenvalue weighted by atomic mass is 10.2. The Morgan fingerprint density at radius 3 is 2.95 bits per heavy atom. The number of hydrogen-bond acceptors (Lipinski definition) is 3. The molecule has 3 heterocycles. The lowest BCUT2D eigenvalue weighted by Gasteiger charge is -2.33. The van der Waals surface area contributed by atoms with Crippen molar-refractivity contribution in [3.63, 3.8) is 0 Å². The van der Waals surface area contributed by atoms with Gasteiger partial charge in [0, 0.05) is 17.9 Å². The van der Waals surface area contributed by atoms with Crippen LogP contribution in [0.3, 0.4) is 0 Å². The molecule has 2 aliphatic rings. The molecule has 0 unspecified atom stereocenters. The molecule has 0 saturated carbocycles. The quantitative estimate of drug-likeness (QED) is 0.864. The van der Waals surface area contributed by atoms with Gasteiger partial charge in [0.1, 0.15) is 12.6 Å². The fraction of sp³-hybridized carbons (Fsp3) is 0.688. The number of ether oxygens (including phenoxy) is 1. The Morgan fingerprint density at radius 1 is 1.43 bits per heavy atom. The fourth-order valence-electron chi connectivity index (χ4n) is 3.25. The number of thiophene rings is 1. The number of carbonyl (C=O) groups excluding carboxylic acids is 1. The molecule has 0 bridgehead atoms. The maximum atomic E-state index is 12.2. The number of aryl methyl sites for hydroxylation is 1. The Morgan fingerprint density at radius 2 is 2.29 bits per heavy atom. The summed E-state index contributed by atoms with van der Waals surface area (Å²) in [5.41, 5.74) is 0. The van der Waals surface area contributed by atoms with E-state index in [0.717, 1.165) is 45.8 Å². The second kappa shape index (κ2) is 7.38. The minimum atomic E-state index is 0.319. The molecule has 2 aliphatic heterocycles. The van der Waals surface area contributed by atoms with Crippen molar-refractivity contribution < 1.29 is 14.4 Å². The average Bonchev–Trinajstić information content (AvgIpc) is 3.19. The predicted octanol–water partition coefficient (Wildman–Crippen LogP) is 0.587. The normalized spacial score (nSPS) is 23.6. The Hall–Kier alpha value is -0.910. The molecule has 0 aromatic carbocycles. The smallest absolute Gasteiger partial charge is 0.223 e. The Kier molecular flexibility index (Phi) is 5.27. The largest absolute Gasteiger partial charge is 0.372 e. The van der Waals surface area contributed by atoms with E-state index in [9.17, 15) is 4.79 Å². The van der Waals surface area contributed by atoms with Crippen LogP contribution in [0.15, 0.2) is 17.5 Å². The zero-order chi connectivity index (χ0) is 14.5. The lowest BCUT2D eigenvalue weighted by Crippen LogP contribution is -3.15. The number of hydrogen-bond donors (Lipinski definition) is 1. The number of amides is 1. The summed E-state index contributed by atoms with van der Waals surface area (Å²) >= 11 is 1.74. The maximum absolute atomic E-state index is 12.2. The highest BCUT2D eigenvalue weighted by atomic mass is 32.1. The molecule has 2 saturated heterocycles. The third-order valence-corrected chi connectivity index (χ3v) is 5.47. The molecule has 5 heteroatoms. The third kappa shape index (κ3) is 4.28. The predicted molar refractivity (Wildman–Crippen MR) is 83.8 cm³/mol. The molecule has 1 N–H and O–H groups in total. The van der Waals surface area contributed by atoms with Gasteiger partial charge in [-0.3, -0.25) is 4.79 Å². The topological polar surface area (TPSA) is 34.0 Å². The van der Waals surface area contributed by atoms with Gasteiger partial charge in [-0.1, -0.05) is 6.07 Å². The number of piperazine rings is 1. The molecule has 1 aromatic rings. The Bertz CT molecular complexity index is 435. The van der Waals surface area contributed by atoms with E-state index in [1.807, 2.05) is 4.90 Å². The van der Waals surface area contributed by atoms with Crippen molar-refractivity contribution in [2.45, 2.75) is 31.8 Å². The van der Waals surface area contributed by atoms with E-state index in [2.05, 4.69) is 17.5 Å². The van der Waals surface area contributed by atoms with Gasteiger partial charge in [0.2, 0.25) is 5.91 Å². The second-order valence-electron chi connectivity index (χ2n) is 6.05. The molecule has 4 nitrogen and oxygen atoms in total. The Balaban J connectivity index is 1.37. The van der Waals surface area contributed by atoms with Crippen LogP contribution in [0.4, 0.5) is 0 Å². The number of rotatable bonds is 5. The molecular weight excluding hydrogens is 284 g/mol. The standard InChI is InChI=1S/C16H24N2O2S/c19-16(6-5-15-4-2-12-21-15)18-9-7-17(8-10-18)13-14-3-1-11-20-14/h2,4,12,14H,1,3,5-11,13H2/p+1/t14-/m1/s1. The minimum Gasteiger partial charge on any atom is -0.372 e.